The molecule has 5 nitrogen and oxygen atoms in total. The van der Waals surface area contributed by atoms with E-state index in [4.69, 9.17) is 0 Å². The van der Waals surface area contributed by atoms with Crippen molar-refractivity contribution in [2.24, 2.45) is 0 Å². The molecule has 2 heterocycles. The fourth-order valence-electron chi connectivity index (χ4n) is 5.34. The highest BCUT2D eigenvalue weighted by atomic mass is 19.4. The second kappa shape index (κ2) is 10.6. The van der Waals surface area contributed by atoms with E-state index in [1.54, 1.807) is 7.05 Å². The molecule has 0 unspecified atom stereocenters. The quantitative estimate of drug-likeness (QED) is 0.417. The van der Waals surface area contributed by atoms with Gasteiger partial charge in [-0.1, -0.05) is 36.4 Å². The summed E-state index contributed by atoms with van der Waals surface area (Å²) in [6.07, 6.45) is -4.11. The molecule has 0 saturated carbocycles. The van der Waals surface area contributed by atoms with Gasteiger partial charge in [0.05, 0.1) is 11.3 Å². The molecule has 1 aliphatic heterocycles. The lowest BCUT2D eigenvalue weighted by Crippen LogP contribution is -2.45. The molecule has 0 spiro atoms. The molecule has 2 atom stereocenters. The molecule has 10 heteroatoms. The molecule has 1 N–H and O–H groups in total. The summed E-state index contributed by atoms with van der Waals surface area (Å²) < 4.78 is 70.0. The van der Waals surface area contributed by atoms with E-state index >= 15 is 0 Å². The molecule has 0 fully saturated rings. The monoisotopic (exact) mass is 520 g/mol. The first-order valence-corrected chi connectivity index (χ1v) is 12.2. The van der Waals surface area contributed by atoms with Gasteiger partial charge in [-0.25, -0.2) is 8.78 Å². The van der Waals surface area contributed by atoms with Gasteiger partial charge < -0.3 is 5.32 Å². The van der Waals surface area contributed by atoms with Gasteiger partial charge in [0.1, 0.15) is 6.04 Å². The summed E-state index contributed by atoms with van der Waals surface area (Å²) in [6, 6.07) is 9.79. The van der Waals surface area contributed by atoms with Crippen LogP contribution in [0.2, 0.25) is 0 Å². The molecule has 1 aliphatic rings. The summed E-state index contributed by atoms with van der Waals surface area (Å²) in [5, 5.41) is 7.38. The smallest absolute Gasteiger partial charge is 0.358 e. The molecule has 0 saturated heterocycles. The summed E-state index contributed by atoms with van der Waals surface area (Å²) in [5.41, 5.74) is 1.72. The van der Waals surface area contributed by atoms with Crippen LogP contribution in [-0.4, -0.2) is 34.2 Å². The molecule has 198 valence electrons. The third-order valence-corrected chi connectivity index (χ3v) is 7.02. The topological polar surface area (TPSA) is 50.2 Å². The highest BCUT2D eigenvalue weighted by Crippen LogP contribution is 2.41. The minimum Gasteiger partial charge on any atom is -0.358 e. The molecule has 3 aromatic rings. The van der Waals surface area contributed by atoms with Crippen LogP contribution >= 0.6 is 0 Å². The van der Waals surface area contributed by atoms with Crippen molar-refractivity contribution in [2.75, 3.05) is 13.6 Å². The van der Waals surface area contributed by atoms with Crippen molar-refractivity contribution < 1.29 is 26.7 Å². The SMILES string of the molecule is CCn1nc(C)c2c1CCN([C@@H](C(=O)NC)c1ccccc1)[C@H]2CCc1ccc(C(F)(F)F)c(F)c1F. The van der Waals surface area contributed by atoms with Crippen molar-refractivity contribution in [1.82, 2.24) is 20.0 Å². The number of benzene rings is 2. The van der Waals surface area contributed by atoms with Gasteiger partial charge in [0.15, 0.2) is 11.6 Å². The predicted octanol–water partition coefficient (Wildman–Crippen LogP) is 5.53. The maximum atomic E-state index is 14.7. The average molecular weight is 521 g/mol. The van der Waals surface area contributed by atoms with Gasteiger partial charge in [-0.3, -0.25) is 14.4 Å². The number of likely N-dealkylation sites (N-methyl/N-ethyl adjacent to an activating group) is 1. The number of hydrogen-bond donors (Lipinski definition) is 1. The highest BCUT2D eigenvalue weighted by Gasteiger charge is 2.40. The molecule has 1 aromatic heterocycles. The number of carbonyl (C=O) groups is 1. The number of halogens is 5. The van der Waals surface area contributed by atoms with Gasteiger partial charge >= 0.3 is 6.18 Å². The number of amides is 1. The summed E-state index contributed by atoms with van der Waals surface area (Å²) in [5.74, 6) is -3.61. The normalized spacial score (nSPS) is 16.9. The summed E-state index contributed by atoms with van der Waals surface area (Å²) >= 11 is 0. The number of rotatable bonds is 7. The van der Waals surface area contributed by atoms with Crippen LogP contribution in [-0.2, 0) is 30.4 Å². The van der Waals surface area contributed by atoms with E-state index in [0.29, 0.717) is 25.6 Å². The number of fused-ring (bicyclic) bond motifs is 1. The van der Waals surface area contributed by atoms with E-state index in [9.17, 15) is 26.7 Å². The van der Waals surface area contributed by atoms with E-state index in [1.807, 2.05) is 53.8 Å². The van der Waals surface area contributed by atoms with Crippen molar-refractivity contribution in [1.29, 1.82) is 0 Å². The number of nitrogens with zero attached hydrogens (tertiary/aromatic N) is 3. The zero-order valence-electron chi connectivity index (χ0n) is 20.9. The molecule has 0 bridgehead atoms. The maximum Gasteiger partial charge on any atom is 0.419 e. The van der Waals surface area contributed by atoms with Gasteiger partial charge in [0.2, 0.25) is 5.91 Å². The Morgan fingerprint density at radius 3 is 2.46 bits per heavy atom. The number of carbonyl (C=O) groups excluding carboxylic acids is 1. The van der Waals surface area contributed by atoms with Crippen molar-refractivity contribution >= 4 is 5.91 Å². The summed E-state index contributed by atoms with van der Waals surface area (Å²) in [6.45, 7) is 5.02. The van der Waals surface area contributed by atoms with E-state index in [-0.39, 0.29) is 24.3 Å². The second-order valence-corrected chi connectivity index (χ2v) is 9.13. The van der Waals surface area contributed by atoms with Crippen LogP contribution in [0.1, 0.15) is 59.1 Å². The zero-order chi connectivity index (χ0) is 26.9. The summed E-state index contributed by atoms with van der Waals surface area (Å²) in [4.78, 5) is 15.2. The average Bonchev–Trinajstić information content (AvgIpc) is 3.21. The lowest BCUT2D eigenvalue weighted by atomic mass is 9.88. The lowest BCUT2D eigenvalue weighted by Gasteiger charge is -2.41. The standard InChI is InChI=1S/C27H29F5N4O/c1-4-36-21-14-15-35(25(26(37)33-3)18-8-6-5-7-9-18)20(22(21)16(2)34-36)13-11-17-10-12-19(27(30,31)32)24(29)23(17)28/h5-10,12,20,25H,4,11,13-15H2,1-3H3,(H,33,37)/t20-,25+/m0/s1. The zero-order valence-corrected chi connectivity index (χ0v) is 20.9. The predicted molar refractivity (Wildman–Crippen MR) is 129 cm³/mol. The summed E-state index contributed by atoms with van der Waals surface area (Å²) in [7, 11) is 1.56. The molecule has 2 aromatic carbocycles. The number of nitrogens with one attached hydrogen (secondary N) is 1. The van der Waals surface area contributed by atoms with Crippen LogP contribution in [0.4, 0.5) is 22.0 Å². The lowest BCUT2D eigenvalue weighted by molar-refractivity contribution is -0.140. The van der Waals surface area contributed by atoms with Gasteiger partial charge in [0.25, 0.3) is 0 Å². The van der Waals surface area contributed by atoms with Crippen LogP contribution in [0.15, 0.2) is 42.5 Å². The van der Waals surface area contributed by atoms with Gasteiger partial charge in [-0.15, -0.1) is 0 Å². The van der Waals surface area contributed by atoms with Crippen molar-refractivity contribution in [3.63, 3.8) is 0 Å². The van der Waals surface area contributed by atoms with Crippen LogP contribution in [0.5, 0.6) is 0 Å². The maximum absolute atomic E-state index is 14.7. The molecule has 37 heavy (non-hydrogen) atoms. The fourth-order valence-corrected chi connectivity index (χ4v) is 5.34. The third-order valence-electron chi connectivity index (χ3n) is 7.02. The Bertz CT molecular complexity index is 1270. The van der Waals surface area contributed by atoms with Gasteiger partial charge in [0, 0.05) is 43.9 Å². The molecule has 0 aliphatic carbocycles. The minimum absolute atomic E-state index is 0.0203. The first-order chi connectivity index (χ1) is 17.6. The molecule has 0 radical (unpaired) electrons. The molecule has 1 amide bonds. The Hall–Kier alpha value is -3.27. The molecular formula is C27H29F5N4O. The Morgan fingerprint density at radius 1 is 1.14 bits per heavy atom. The van der Waals surface area contributed by atoms with E-state index in [2.05, 4.69) is 10.4 Å². The first kappa shape index (κ1) is 26.8. The largest absolute Gasteiger partial charge is 0.419 e. The van der Waals surface area contributed by atoms with E-state index in [1.165, 1.54) is 0 Å². The van der Waals surface area contributed by atoms with Crippen molar-refractivity contribution in [3.8, 4) is 0 Å². The molecule has 4 rings (SSSR count). The Morgan fingerprint density at radius 2 is 1.84 bits per heavy atom. The van der Waals surface area contributed by atoms with E-state index in [0.717, 1.165) is 28.6 Å². The minimum atomic E-state index is -4.99. The number of alkyl halides is 3. The number of aromatic nitrogens is 2. The van der Waals surface area contributed by atoms with Crippen LogP contribution in [0.3, 0.4) is 0 Å². The van der Waals surface area contributed by atoms with E-state index < -0.39 is 35.5 Å². The second-order valence-electron chi connectivity index (χ2n) is 9.13. The third kappa shape index (κ3) is 5.12. The van der Waals surface area contributed by atoms with Crippen LogP contribution < -0.4 is 5.32 Å². The van der Waals surface area contributed by atoms with Crippen LogP contribution in [0.25, 0.3) is 0 Å². The Balaban J connectivity index is 1.75. The van der Waals surface area contributed by atoms with Crippen molar-refractivity contribution in [3.05, 3.63) is 87.7 Å². The number of hydrogen-bond acceptors (Lipinski definition) is 3. The fraction of sp³-hybridized carbons (Fsp3) is 0.407. The Labute approximate surface area is 212 Å². The van der Waals surface area contributed by atoms with Crippen LogP contribution in [0, 0.1) is 18.6 Å². The van der Waals surface area contributed by atoms with Gasteiger partial charge in [-0.05, 0) is 43.9 Å². The Kier molecular flexibility index (Phi) is 7.68. The first-order valence-electron chi connectivity index (χ1n) is 12.2. The van der Waals surface area contributed by atoms with Gasteiger partial charge in [-0.2, -0.15) is 18.3 Å². The highest BCUT2D eigenvalue weighted by molar-refractivity contribution is 5.83. The van der Waals surface area contributed by atoms with Crippen molar-refractivity contribution in [2.45, 2.75) is 57.9 Å². The number of aryl methyl sites for hydroxylation is 3. The molecular weight excluding hydrogens is 491 g/mol.